The molecular weight excluding hydrogens is 272 g/mol. The van der Waals surface area contributed by atoms with Gasteiger partial charge in [-0.15, -0.1) is 0 Å². The van der Waals surface area contributed by atoms with Crippen LogP contribution in [0.3, 0.4) is 0 Å². The van der Waals surface area contributed by atoms with Crippen molar-refractivity contribution in [3.63, 3.8) is 0 Å². The van der Waals surface area contributed by atoms with Crippen molar-refractivity contribution in [3.05, 3.63) is 34.9 Å². The largest absolute Gasteiger partial charge is 0.306 e. The van der Waals surface area contributed by atoms with Crippen LogP contribution in [0.5, 0.6) is 0 Å². The molecule has 0 spiro atoms. The highest BCUT2D eigenvalue weighted by Crippen LogP contribution is 2.19. The number of carbonyl (C=O) groups excluding carboxylic acids is 1. The molecular formula is C16H23ClN2O. The van der Waals surface area contributed by atoms with Crippen LogP contribution in [-0.4, -0.2) is 54.9 Å². The summed E-state index contributed by atoms with van der Waals surface area (Å²) in [7, 11) is 4.26. The Bertz CT molecular complexity index is 450. The van der Waals surface area contributed by atoms with Gasteiger partial charge in [-0.2, -0.15) is 0 Å². The van der Waals surface area contributed by atoms with Crippen LogP contribution in [0.15, 0.2) is 24.3 Å². The number of hydrogen-bond donors (Lipinski definition) is 0. The van der Waals surface area contributed by atoms with Gasteiger partial charge in [-0.05, 0) is 58.1 Å². The molecule has 0 N–H and O–H groups in total. The highest BCUT2D eigenvalue weighted by Gasteiger charge is 2.27. The van der Waals surface area contributed by atoms with Gasteiger partial charge in [-0.1, -0.05) is 11.6 Å². The summed E-state index contributed by atoms with van der Waals surface area (Å²) in [4.78, 5) is 17.0. The summed E-state index contributed by atoms with van der Waals surface area (Å²) in [5, 5.41) is 0.668. The zero-order valence-electron chi connectivity index (χ0n) is 12.5. The molecule has 20 heavy (non-hydrogen) atoms. The second kappa shape index (κ2) is 6.70. The molecule has 110 valence electrons. The topological polar surface area (TPSA) is 23.6 Å². The molecule has 1 aliphatic heterocycles. The number of rotatable bonds is 4. The van der Waals surface area contributed by atoms with Gasteiger partial charge >= 0.3 is 0 Å². The molecule has 0 amide bonds. The lowest BCUT2D eigenvalue weighted by atomic mass is 9.99. The molecule has 1 aromatic carbocycles. The van der Waals surface area contributed by atoms with Crippen molar-refractivity contribution in [3.8, 4) is 0 Å². The third-order valence-corrected chi connectivity index (χ3v) is 4.54. The minimum atomic E-state index is -0.0562. The molecule has 3 nitrogen and oxygen atoms in total. The standard InChI is InChI=1S/C16H23ClN2O/c1-12(16(20)13-4-6-14(17)7-5-13)19-10-8-15(9-11-19)18(2)3/h4-7,12,15H,8-11H2,1-3H3. The summed E-state index contributed by atoms with van der Waals surface area (Å²) >= 11 is 5.86. The molecule has 1 aliphatic rings. The lowest BCUT2D eigenvalue weighted by Crippen LogP contribution is -2.47. The lowest BCUT2D eigenvalue weighted by Gasteiger charge is -2.37. The number of likely N-dealkylation sites (tertiary alicyclic amines) is 1. The van der Waals surface area contributed by atoms with Crippen molar-refractivity contribution in [2.45, 2.75) is 31.8 Å². The minimum Gasteiger partial charge on any atom is -0.306 e. The van der Waals surface area contributed by atoms with Crippen LogP contribution in [0.4, 0.5) is 0 Å². The molecule has 1 heterocycles. The third kappa shape index (κ3) is 3.60. The molecule has 2 rings (SSSR count). The first-order valence-corrected chi connectivity index (χ1v) is 7.57. The maximum atomic E-state index is 12.5. The zero-order chi connectivity index (χ0) is 14.7. The van der Waals surface area contributed by atoms with Crippen LogP contribution in [0.2, 0.25) is 5.02 Å². The van der Waals surface area contributed by atoms with Gasteiger partial charge in [0.25, 0.3) is 0 Å². The molecule has 1 saturated heterocycles. The zero-order valence-corrected chi connectivity index (χ0v) is 13.2. The van der Waals surface area contributed by atoms with E-state index in [1.807, 2.05) is 19.1 Å². The number of ketones is 1. The first-order valence-electron chi connectivity index (χ1n) is 7.19. The van der Waals surface area contributed by atoms with Crippen LogP contribution in [0.25, 0.3) is 0 Å². The summed E-state index contributed by atoms with van der Waals surface area (Å²) < 4.78 is 0. The van der Waals surface area contributed by atoms with E-state index < -0.39 is 0 Å². The van der Waals surface area contributed by atoms with Crippen molar-refractivity contribution < 1.29 is 4.79 Å². The molecule has 1 aromatic rings. The summed E-state index contributed by atoms with van der Waals surface area (Å²) in [6.45, 7) is 3.99. The Morgan fingerprint density at radius 2 is 1.80 bits per heavy atom. The Labute approximate surface area is 126 Å². The minimum absolute atomic E-state index is 0.0562. The third-order valence-electron chi connectivity index (χ3n) is 4.29. The summed E-state index contributed by atoms with van der Waals surface area (Å²) in [6, 6.07) is 7.77. The lowest BCUT2D eigenvalue weighted by molar-refractivity contribution is 0.0736. The Hall–Kier alpha value is -0.900. The molecule has 1 atom stereocenters. The molecule has 0 aromatic heterocycles. The number of halogens is 1. The maximum Gasteiger partial charge on any atom is 0.179 e. The first-order chi connectivity index (χ1) is 9.49. The second-order valence-corrected chi connectivity index (χ2v) is 6.21. The molecule has 0 radical (unpaired) electrons. The van der Waals surface area contributed by atoms with Gasteiger partial charge in [-0.3, -0.25) is 9.69 Å². The van der Waals surface area contributed by atoms with Crippen LogP contribution >= 0.6 is 11.6 Å². The van der Waals surface area contributed by atoms with Gasteiger partial charge in [0.15, 0.2) is 5.78 Å². The van der Waals surface area contributed by atoms with Gasteiger partial charge in [0.05, 0.1) is 6.04 Å². The first kappa shape index (κ1) is 15.5. The van der Waals surface area contributed by atoms with Crippen molar-refractivity contribution >= 4 is 17.4 Å². The van der Waals surface area contributed by atoms with Crippen LogP contribution in [0, 0.1) is 0 Å². The van der Waals surface area contributed by atoms with Gasteiger partial charge in [0.2, 0.25) is 0 Å². The van der Waals surface area contributed by atoms with Crippen molar-refractivity contribution in [1.29, 1.82) is 0 Å². The van der Waals surface area contributed by atoms with E-state index in [1.54, 1.807) is 12.1 Å². The summed E-state index contributed by atoms with van der Waals surface area (Å²) in [6.07, 6.45) is 2.26. The van der Waals surface area contributed by atoms with E-state index in [9.17, 15) is 4.79 Å². The number of benzene rings is 1. The molecule has 1 unspecified atom stereocenters. The van der Waals surface area contributed by atoms with Gasteiger partial charge in [0.1, 0.15) is 0 Å². The Balaban J connectivity index is 1.96. The van der Waals surface area contributed by atoms with E-state index in [2.05, 4.69) is 23.9 Å². The number of Topliss-reactive ketones (excluding diaryl/α,β-unsaturated/α-hetero) is 1. The van der Waals surface area contributed by atoms with Crippen molar-refractivity contribution in [1.82, 2.24) is 9.80 Å². The molecule has 0 saturated carbocycles. The van der Waals surface area contributed by atoms with E-state index in [0.717, 1.165) is 31.5 Å². The summed E-state index contributed by atoms with van der Waals surface area (Å²) in [5.41, 5.74) is 0.747. The summed E-state index contributed by atoms with van der Waals surface area (Å²) in [5.74, 6) is 0.185. The van der Waals surface area contributed by atoms with E-state index in [1.165, 1.54) is 0 Å². The number of carbonyl (C=O) groups is 1. The Kier molecular flexibility index (Phi) is 5.19. The predicted octanol–water partition coefficient (Wildman–Crippen LogP) is 2.94. The fourth-order valence-electron chi connectivity index (χ4n) is 2.81. The van der Waals surface area contributed by atoms with E-state index in [0.29, 0.717) is 11.1 Å². The van der Waals surface area contributed by atoms with Gasteiger partial charge in [-0.25, -0.2) is 0 Å². The van der Waals surface area contributed by atoms with E-state index >= 15 is 0 Å². The van der Waals surface area contributed by atoms with E-state index in [-0.39, 0.29) is 11.8 Å². The molecule has 0 bridgehead atoms. The van der Waals surface area contributed by atoms with Crippen molar-refractivity contribution in [2.75, 3.05) is 27.2 Å². The fraction of sp³-hybridized carbons (Fsp3) is 0.562. The molecule has 1 fully saturated rings. The number of hydrogen-bond acceptors (Lipinski definition) is 3. The molecule has 0 aliphatic carbocycles. The second-order valence-electron chi connectivity index (χ2n) is 5.78. The van der Waals surface area contributed by atoms with Crippen LogP contribution < -0.4 is 0 Å². The average Bonchev–Trinajstić information content (AvgIpc) is 2.46. The number of piperidine rings is 1. The molecule has 4 heteroatoms. The number of nitrogens with zero attached hydrogens (tertiary/aromatic N) is 2. The van der Waals surface area contributed by atoms with Gasteiger partial charge in [0, 0.05) is 29.7 Å². The van der Waals surface area contributed by atoms with Crippen molar-refractivity contribution in [2.24, 2.45) is 0 Å². The average molecular weight is 295 g/mol. The smallest absolute Gasteiger partial charge is 0.179 e. The SMILES string of the molecule is CC(C(=O)c1ccc(Cl)cc1)N1CCC(N(C)C)CC1. The normalized spacial score (nSPS) is 19.2. The van der Waals surface area contributed by atoms with Crippen LogP contribution in [0.1, 0.15) is 30.1 Å². The Morgan fingerprint density at radius 1 is 1.25 bits per heavy atom. The Morgan fingerprint density at radius 3 is 2.30 bits per heavy atom. The van der Waals surface area contributed by atoms with Gasteiger partial charge < -0.3 is 4.90 Å². The monoisotopic (exact) mass is 294 g/mol. The quantitative estimate of drug-likeness (QED) is 0.798. The van der Waals surface area contributed by atoms with E-state index in [4.69, 9.17) is 11.6 Å². The maximum absolute atomic E-state index is 12.5. The highest BCUT2D eigenvalue weighted by atomic mass is 35.5. The fourth-order valence-corrected chi connectivity index (χ4v) is 2.94. The highest BCUT2D eigenvalue weighted by molar-refractivity contribution is 6.30. The van der Waals surface area contributed by atoms with Crippen LogP contribution in [-0.2, 0) is 0 Å². The predicted molar refractivity (Wildman–Crippen MR) is 83.5 cm³/mol.